The van der Waals surface area contributed by atoms with E-state index in [1.807, 2.05) is 18.2 Å². The van der Waals surface area contributed by atoms with Crippen LogP contribution in [0.2, 0.25) is 0 Å². The van der Waals surface area contributed by atoms with E-state index in [0.29, 0.717) is 0 Å². The molecule has 3 nitrogen and oxygen atoms in total. The quantitative estimate of drug-likeness (QED) is 0.851. The van der Waals surface area contributed by atoms with E-state index < -0.39 is 0 Å². The molecule has 0 unspecified atom stereocenters. The van der Waals surface area contributed by atoms with Crippen LogP contribution in [0.15, 0.2) is 42.5 Å². The van der Waals surface area contributed by atoms with Gasteiger partial charge in [-0.05, 0) is 66.7 Å². The van der Waals surface area contributed by atoms with Gasteiger partial charge in [-0.3, -0.25) is 0 Å². The number of nitriles is 1. The van der Waals surface area contributed by atoms with Crippen LogP contribution in [0, 0.1) is 11.3 Å². The second-order valence-electron chi connectivity index (χ2n) is 6.57. The average Bonchev–Trinajstić information content (AvgIpc) is 2.62. The van der Waals surface area contributed by atoms with Gasteiger partial charge in [-0.25, -0.2) is 0 Å². The van der Waals surface area contributed by atoms with Crippen LogP contribution in [-0.4, -0.2) is 19.6 Å². The Labute approximate surface area is 137 Å². The maximum Gasteiger partial charge on any atom is 0.0991 e. The predicted octanol–water partition coefficient (Wildman–Crippen LogP) is 2.95. The Kier molecular flexibility index (Phi) is 3.65. The summed E-state index contributed by atoms with van der Waals surface area (Å²) in [6.45, 7) is 3.21. The van der Waals surface area contributed by atoms with Gasteiger partial charge in [-0.15, -0.1) is 0 Å². The van der Waals surface area contributed by atoms with E-state index in [1.54, 1.807) is 0 Å². The molecule has 116 valence electrons. The van der Waals surface area contributed by atoms with Gasteiger partial charge in [0.05, 0.1) is 11.6 Å². The zero-order valence-electron chi connectivity index (χ0n) is 13.2. The first-order chi connectivity index (χ1) is 11.3. The minimum absolute atomic E-state index is 0.159. The molecule has 3 heteroatoms. The van der Waals surface area contributed by atoms with Crippen molar-refractivity contribution < 1.29 is 0 Å². The van der Waals surface area contributed by atoms with Crippen molar-refractivity contribution in [2.24, 2.45) is 0 Å². The molecule has 0 aromatic heterocycles. The highest BCUT2D eigenvalue weighted by Gasteiger charge is 2.37. The van der Waals surface area contributed by atoms with Crippen LogP contribution < -0.4 is 10.6 Å². The van der Waals surface area contributed by atoms with Crippen LogP contribution >= 0.6 is 0 Å². The van der Waals surface area contributed by atoms with Crippen molar-refractivity contribution >= 4 is 0 Å². The lowest BCUT2D eigenvalue weighted by Gasteiger charge is -2.43. The number of nitrogens with one attached hydrogen (secondary N) is 2. The first kappa shape index (κ1) is 14.4. The van der Waals surface area contributed by atoms with Crippen LogP contribution in [0.5, 0.6) is 0 Å². The molecule has 1 spiro atoms. The normalized spacial score (nSPS) is 19.1. The van der Waals surface area contributed by atoms with Crippen molar-refractivity contribution in [3.63, 3.8) is 0 Å². The Balaban J connectivity index is 1.75. The van der Waals surface area contributed by atoms with E-state index >= 15 is 0 Å². The number of fused-ring (bicyclic) bond motifs is 2. The summed E-state index contributed by atoms with van der Waals surface area (Å²) < 4.78 is 0. The fourth-order valence-corrected chi connectivity index (χ4v) is 4.05. The largest absolute Gasteiger partial charge is 0.317 e. The lowest BCUT2D eigenvalue weighted by atomic mass is 9.75. The average molecular weight is 303 g/mol. The summed E-state index contributed by atoms with van der Waals surface area (Å²) in [5.74, 6) is 0. The van der Waals surface area contributed by atoms with Crippen LogP contribution in [-0.2, 0) is 12.0 Å². The molecule has 1 fully saturated rings. The van der Waals surface area contributed by atoms with Crippen LogP contribution in [0.25, 0.3) is 11.1 Å². The van der Waals surface area contributed by atoms with Gasteiger partial charge in [0, 0.05) is 12.1 Å². The maximum absolute atomic E-state index is 9.10. The van der Waals surface area contributed by atoms with Gasteiger partial charge in [0.15, 0.2) is 0 Å². The fraction of sp³-hybridized carbons (Fsp3) is 0.350. The molecule has 0 atom stereocenters. The van der Waals surface area contributed by atoms with Crippen LogP contribution in [0.3, 0.4) is 0 Å². The summed E-state index contributed by atoms with van der Waals surface area (Å²) in [5.41, 5.74) is 6.16. The maximum atomic E-state index is 9.10. The number of benzene rings is 2. The fourth-order valence-electron chi connectivity index (χ4n) is 4.05. The van der Waals surface area contributed by atoms with Crippen molar-refractivity contribution in [3.05, 3.63) is 59.2 Å². The minimum atomic E-state index is 0.159. The van der Waals surface area contributed by atoms with Crippen LogP contribution in [0.4, 0.5) is 0 Å². The molecule has 0 bridgehead atoms. The monoisotopic (exact) mass is 303 g/mol. The highest BCUT2D eigenvalue weighted by atomic mass is 15.0. The molecule has 2 N–H and O–H groups in total. The van der Waals surface area contributed by atoms with Crippen molar-refractivity contribution in [2.45, 2.75) is 24.8 Å². The third-order valence-corrected chi connectivity index (χ3v) is 5.26. The topological polar surface area (TPSA) is 47.9 Å². The Hall–Kier alpha value is -2.15. The third-order valence-electron chi connectivity index (χ3n) is 5.26. The molecule has 2 aliphatic rings. The van der Waals surface area contributed by atoms with E-state index in [1.165, 1.54) is 16.7 Å². The molecule has 2 aromatic carbocycles. The summed E-state index contributed by atoms with van der Waals surface area (Å²) in [6, 6.07) is 17.0. The molecule has 2 aromatic rings. The highest BCUT2D eigenvalue weighted by molar-refractivity contribution is 5.67. The van der Waals surface area contributed by atoms with Crippen molar-refractivity contribution in [3.8, 4) is 17.2 Å². The second kappa shape index (κ2) is 5.81. The molecule has 0 amide bonds. The molecule has 0 aliphatic carbocycles. The summed E-state index contributed by atoms with van der Waals surface area (Å²) >= 11 is 0. The number of hydrogen-bond donors (Lipinski definition) is 2. The molecule has 4 rings (SSSR count). The standard InChI is InChI=1S/C20H21N3/c21-14-15-2-1-3-16(12-15)17-4-5-19-18(13-17)6-9-23-20(19)7-10-22-11-8-20/h1-5,12-13,22-23H,6-11H2. The van der Waals surface area contributed by atoms with Crippen molar-refractivity contribution in [2.75, 3.05) is 19.6 Å². The first-order valence-corrected chi connectivity index (χ1v) is 8.40. The molecular formula is C20H21N3. The van der Waals surface area contributed by atoms with Crippen molar-refractivity contribution in [1.82, 2.24) is 10.6 Å². The predicted molar refractivity (Wildman–Crippen MR) is 92.1 cm³/mol. The molecule has 2 heterocycles. The zero-order chi connectivity index (χ0) is 15.7. The summed E-state index contributed by atoms with van der Waals surface area (Å²) in [4.78, 5) is 0. The van der Waals surface area contributed by atoms with Gasteiger partial charge in [0.25, 0.3) is 0 Å². The summed E-state index contributed by atoms with van der Waals surface area (Å²) in [6.07, 6.45) is 3.39. The Morgan fingerprint density at radius 2 is 1.78 bits per heavy atom. The van der Waals surface area contributed by atoms with Gasteiger partial charge in [0.1, 0.15) is 0 Å². The molecular weight excluding hydrogens is 282 g/mol. The zero-order valence-corrected chi connectivity index (χ0v) is 13.2. The second-order valence-corrected chi connectivity index (χ2v) is 6.57. The smallest absolute Gasteiger partial charge is 0.0991 e. The minimum Gasteiger partial charge on any atom is -0.317 e. The van der Waals surface area contributed by atoms with Gasteiger partial charge in [0.2, 0.25) is 0 Å². The lowest BCUT2D eigenvalue weighted by Crippen LogP contribution is -2.53. The van der Waals surface area contributed by atoms with Gasteiger partial charge < -0.3 is 10.6 Å². The molecule has 0 saturated carbocycles. The number of hydrogen-bond acceptors (Lipinski definition) is 3. The van der Waals surface area contributed by atoms with E-state index in [9.17, 15) is 0 Å². The van der Waals surface area contributed by atoms with Crippen LogP contribution in [0.1, 0.15) is 29.5 Å². The van der Waals surface area contributed by atoms with E-state index in [4.69, 9.17) is 5.26 Å². The summed E-state index contributed by atoms with van der Waals surface area (Å²) in [7, 11) is 0. The molecule has 1 saturated heterocycles. The number of rotatable bonds is 1. The summed E-state index contributed by atoms with van der Waals surface area (Å²) in [5, 5.41) is 16.4. The van der Waals surface area contributed by atoms with Crippen molar-refractivity contribution in [1.29, 1.82) is 5.26 Å². The van der Waals surface area contributed by atoms with Gasteiger partial charge >= 0.3 is 0 Å². The molecule has 2 aliphatic heterocycles. The SMILES string of the molecule is N#Cc1cccc(-c2ccc3c(c2)CCNC32CCNCC2)c1. The van der Waals surface area contributed by atoms with E-state index in [2.05, 4.69) is 41.0 Å². The Morgan fingerprint density at radius 3 is 2.61 bits per heavy atom. The Morgan fingerprint density at radius 1 is 0.957 bits per heavy atom. The third kappa shape index (κ3) is 2.55. The first-order valence-electron chi connectivity index (χ1n) is 8.40. The molecule has 0 radical (unpaired) electrons. The van der Waals surface area contributed by atoms with E-state index in [0.717, 1.165) is 50.0 Å². The Bertz CT molecular complexity index is 767. The van der Waals surface area contributed by atoms with Gasteiger partial charge in [-0.2, -0.15) is 5.26 Å². The highest BCUT2D eigenvalue weighted by Crippen LogP contribution is 2.37. The molecule has 23 heavy (non-hydrogen) atoms. The van der Waals surface area contributed by atoms with Gasteiger partial charge in [-0.1, -0.05) is 30.3 Å². The number of piperidine rings is 1. The van der Waals surface area contributed by atoms with E-state index in [-0.39, 0.29) is 5.54 Å². The number of nitrogens with zero attached hydrogens (tertiary/aromatic N) is 1. The lowest BCUT2D eigenvalue weighted by molar-refractivity contribution is 0.235.